The number of carbonyl (C=O) groups is 2. The third-order valence-electron chi connectivity index (χ3n) is 2.37. The van der Waals surface area contributed by atoms with Gasteiger partial charge in [-0.05, 0) is 14.0 Å². The van der Waals surface area contributed by atoms with Crippen molar-refractivity contribution in [1.82, 2.24) is 20.9 Å². The van der Waals surface area contributed by atoms with Gasteiger partial charge in [0.1, 0.15) is 0 Å². The maximum absolute atomic E-state index is 11.3. The Morgan fingerprint density at radius 2 is 2.06 bits per heavy atom. The van der Waals surface area contributed by atoms with Crippen molar-refractivity contribution >= 4 is 24.3 Å². The van der Waals surface area contributed by atoms with Gasteiger partial charge in [0.2, 0.25) is 5.91 Å². The van der Waals surface area contributed by atoms with E-state index in [9.17, 15) is 9.59 Å². The summed E-state index contributed by atoms with van der Waals surface area (Å²) in [6.07, 6.45) is 0. The molecule has 0 aliphatic carbocycles. The highest BCUT2D eigenvalue weighted by molar-refractivity contribution is 5.95. The Balaban J connectivity index is 0.00000225. The number of hydrogen-bond acceptors (Lipinski definition) is 4. The lowest BCUT2D eigenvalue weighted by Crippen LogP contribution is -2.58. The Morgan fingerprint density at radius 3 is 2.50 bits per heavy atom. The zero-order valence-electron chi connectivity index (χ0n) is 9.58. The van der Waals surface area contributed by atoms with Crippen molar-refractivity contribution in [2.45, 2.75) is 13.0 Å². The number of carbonyl (C=O) groups excluding carboxylic acids is 2. The van der Waals surface area contributed by atoms with E-state index in [1.807, 2.05) is 11.9 Å². The van der Waals surface area contributed by atoms with Crippen LogP contribution in [0.2, 0.25) is 0 Å². The number of rotatable bonds is 4. The molecule has 6 nitrogen and oxygen atoms in total. The van der Waals surface area contributed by atoms with E-state index in [0.717, 1.165) is 13.1 Å². The third-order valence-corrected chi connectivity index (χ3v) is 2.37. The van der Waals surface area contributed by atoms with Crippen molar-refractivity contribution in [3.05, 3.63) is 0 Å². The molecular weight excluding hydrogens is 232 g/mol. The molecule has 3 amide bonds. The number of hydrogen-bond donors (Lipinski definition) is 3. The molecule has 1 aliphatic rings. The van der Waals surface area contributed by atoms with Gasteiger partial charge in [-0.15, -0.1) is 12.4 Å². The molecule has 1 rings (SSSR count). The minimum Gasteiger partial charge on any atom is -0.338 e. The SMILES string of the molecule is CCNC(=O)NC(=O)CN(C)C1CNC1.Cl. The van der Waals surface area contributed by atoms with Gasteiger partial charge in [0.15, 0.2) is 0 Å². The van der Waals surface area contributed by atoms with Crippen molar-refractivity contribution in [3.63, 3.8) is 0 Å². The first-order chi connectivity index (χ1) is 7.13. The van der Waals surface area contributed by atoms with E-state index < -0.39 is 6.03 Å². The minimum atomic E-state index is -0.428. The number of likely N-dealkylation sites (N-methyl/N-ethyl adjacent to an activating group) is 1. The number of nitrogens with zero attached hydrogens (tertiary/aromatic N) is 1. The van der Waals surface area contributed by atoms with Gasteiger partial charge in [0.25, 0.3) is 0 Å². The molecular formula is C9H19ClN4O2. The van der Waals surface area contributed by atoms with Gasteiger partial charge in [-0.2, -0.15) is 0 Å². The molecule has 1 heterocycles. The molecule has 0 bridgehead atoms. The largest absolute Gasteiger partial charge is 0.338 e. The molecule has 3 N–H and O–H groups in total. The van der Waals surface area contributed by atoms with Crippen molar-refractivity contribution < 1.29 is 9.59 Å². The Kier molecular flexibility index (Phi) is 7.03. The van der Waals surface area contributed by atoms with Crippen LogP contribution in [-0.2, 0) is 4.79 Å². The van der Waals surface area contributed by atoms with Crippen LogP contribution in [0.1, 0.15) is 6.92 Å². The minimum absolute atomic E-state index is 0. The molecule has 0 spiro atoms. The van der Waals surface area contributed by atoms with Gasteiger partial charge in [0.05, 0.1) is 6.54 Å². The summed E-state index contributed by atoms with van der Waals surface area (Å²) in [4.78, 5) is 24.3. The molecule has 16 heavy (non-hydrogen) atoms. The molecule has 0 aromatic carbocycles. The van der Waals surface area contributed by atoms with Crippen LogP contribution in [0.4, 0.5) is 4.79 Å². The molecule has 1 aliphatic heterocycles. The Hall–Kier alpha value is -0.850. The van der Waals surface area contributed by atoms with Gasteiger partial charge >= 0.3 is 6.03 Å². The van der Waals surface area contributed by atoms with Gasteiger partial charge in [-0.3, -0.25) is 15.0 Å². The summed E-state index contributed by atoms with van der Waals surface area (Å²) in [5.41, 5.74) is 0. The number of urea groups is 1. The summed E-state index contributed by atoms with van der Waals surface area (Å²) in [5.74, 6) is -0.268. The van der Waals surface area contributed by atoms with Crippen molar-refractivity contribution in [1.29, 1.82) is 0 Å². The fourth-order valence-electron chi connectivity index (χ4n) is 1.31. The van der Waals surface area contributed by atoms with Crippen molar-refractivity contribution in [2.24, 2.45) is 0 Å². The first kappa shape index (κ1) is 15.2. The van der Waals surface area contributed by atoms with Crippen LogP contribution in [0.25, 0.3) is 0 Å². The molecule has 0 aromatic heterocycles. The molecule has 1 fully saturated rings. The predicted octanol–water partition coefficient (Wildman–Crippen LogP) is -0.842. The predicted molar refractivity (Wildman–Crippen MR) is 63.8 cm³/mol. The average molecular weight is 251 g/mol. The first-order valence-electron chi connectivity index (χ1n) is 5.12. The highest BCUT2D eigenvalue weighted by atomic mass is 35.5. The van der Waals surface area contributed by atoms with Crippen LogP contribution >= 0.6 is 12.4 Å². The molecule has 0 aromatic rings. The summed E-state index contributed by atoms with van der Waals surface area (Å²) < 4.78 is 0. The van der Waals surface area contributed by atoms with E-state index in [-0.39, 0.29) is 24.9 Å². The highest BCUT2D eigenvalue weighted by Gasteiger charge is 2.23. The van der Waals surface area contributed by atoms with E-state index in [1.54, 1.807) is 6.92 Å². The molecule has 94 valence electrons. The van der Waals surface area contributed by atoms with Crippen molar-refractivity contribution in [2.75, 3.05) is 33.2 Å². The zero-order valence-corrected chi connectivity index (χ0v) is 10.4. The second-order valence-corrected chi connectivity index (χ2v) is 3.63. The molecule has 0 saturated carbocycles. The molecule has 0 atom stereocenters. The van der Waals surface area contributed by atoms with Crippen LogP contribution in [0, 0.1) is 0 Å². The summed E-state index contributed by atoms with van der Waals surface area (Å²) >= 11 is 0. The molecule has 0 radical (unpaired) electrons. The van der Waals surface area contributed by atoms with Crippen LogP contribution in [0.3, 0.4) is 0 Å². The number of amides is 3. The van der Waals surface area contributed by atoms with Crippen LogP contribution in [-0.4, -0.2) is 56.1 Å². The Morgan fingerprint density at radius 1 is 1.44 bits per heavy atom. The van der Waals surface area contributed by atoms with E-state index >= 15 is 0 Å². The van der Waals surface area contributed by atoms with Gasteiger partial charge in [0, 0.05) is 25.7 Å². The lowest BCUT2D eigenvalue weighted by atomic mass is 10.1. The lowest BCUT2D eigenvalue weighted by Gasteiger charge is -2.35. The summed E-state index contributed by atoms with van der Waals surface area (Å²) in [5, 5.41) is 7.89. The second-order valence-electron chi connectivity index (χ2n) is 3.63. The van der Waals surface area contributed by atoms with Crippen LogP contribution in [0.5, 0.6) is 0 Å². The molecule has 0 unspecified atom stereocenters. The fraction of sp³-hybridized carbons (Fsp3) is 0.778. The molecule has 1 saturated heterocycles. The summed E-state index contributed by atoms with van der Waals surface area (Å²) in [7, 11) is 1.88. The van der Waals surface area contributed by atoms with Crippen LogP contribution in [0.15, 0.2) is 0 Å². The standard InChI is InChI=1S/C9H18N4O2.ClH/c1-3-11-9(15)12-8(14)6-13(2)7-4-10-5-7;/h7,10H,3-6H2,1-2H3,(H2,11,12,14,15);1H. The van der Waals surface area contributed by atoms with Gasteiger partial charge < -0.3 is 10.6 Å². The van der Waals surface area contributed by atoms with Crippen LogP contribution < -0.4 is 16.0 Å². The van der Waals surface area contributed by atoms with E-state index in [2.05, 4.69) is 16.0 Å². The highest BCUT2D eigenvalue weighted by Crippen LogP contribution is 2.00. The van der Waals surface area contributed by atoms with Gasteiger partial charge in [-0.1, -0.05) is 0 Å². The zero-order chi connectivity index (χ0) is 11.3. The monoisotopic (exact) mass is 250 g/mol. The Labute approximate surface area is 102 Å². The Bertz CT molecular complexity index is 246. The summed E-state index contributed by atoms with van der Waals surface area (Å²) in [6, 6.07) is -0.0207. The maximum atomic E-state index is 11.3. The molecule has 7 heteroatoms. The average Bonchev–Trinajstić information content (AvgIpc) is 1.99. The fourth-order valence-corrected chi connectivity index (χ4v) is 1.31. The quantitative estimate of drug-likeness (QED) is 0.608. The third kappa shape index (κ3) is 4.78. The van der Waals surface area contributed by atoms with Gasteiger partial charge in [-0.25, -0.2) is 4.79 Å². The second kappa shape index (κ2) is 7.43. The number of imide groups is 1. The van der Waals surface area contributed by atoms with E-state index in [0.29, 0.717) is 12.6 Å². The van der Waals surface area contributed by atoms with E-state index in [1.165, 1.54) is 0 Å². The van der Waals surface area contributed by atoms with Crippen molar-refractivity contribution in [3.8, 4) is 0 Å². The smallest absolute Gasteiger partial charge is 0.321 e. The summed E-state index contributed by atoms with van der Waals surface area (Å²) in [6.45, 7) is 4.39. The normalized spacial score (nSPS) is 14.9. The lowest BCUT2D eigenvalue weighted by molar-refractivity contribution is -0.121. The van der Waals surface area contributed by atoms with E-state index in [4.69, 9.17) is 0 Å². The topological polar surface area (TPSA) is 73.5 Å². The first-order valence-corrected chi connectivity index (χ1v) is 5.12. The maximum Gasteiger partial charge on any atom is 0.321 e. The number of nitrogens with one attached hydrogen (secondary N) is 3. The number of halogens is 1.